The van der Waals surface area contributed by atoms with E-state index in [1.165, 1.54) is 22.7 Å². The molecule has 38 heavy (non-hydrogen) atoms. The normalized spacial score (nSPS) is 11.2. The minimum Gasteiger partial charge on any atom is -0.444 e. The quantitative estimate of drug-likeness (QED) is 0.309. The van der Waals surface area contributed by atoms with Gasteiger partial charge in [-0.1, -0.05) is 0 Å². The van der Waals surface area contributed by atoms with Crippen molar-refractivity contribution in [3.8, 4) is 0 Å². The van der Waals surface area contributed by atoms with E-state index in [2.05, 4.69) is 30.9 Å². The van der Waals surface area contributed by atoms with Gasteiger partial charge in [0.25, 0.3) is 0 Å². The van der Waals surface area contributed by atoms with Crippen molar-refractivity contribution in [2.75, 3.05) is 38.9 Å². The van der Waals surface area contributed by atoms with Gasteiger partial charge >= 0.3 is 12.1 Å². The van der Waals surface area contributed by atoms with Gasteiger partial charge < -0.3 is 24.3 Å². The lowest BCUT2D eigenvalue weighted by atomic mass is 10.2. The van der Waals surface area contributed by atoms with Crippen molar-refractivity contribution in [3.63, 3.8) is 0 Å². The molecule has 0 aliphatic carbocycles. The molecule has 0 spiro atoms. The number of hydroxylamine groups is 4. The summed E-state index contributed by atoms with van der Waals surface area (Å²) in [6.45, 7) is 6.92. The largest absolute Gasteiger partial charge is 0.444 e. The van der Waals surface area contributed by atoms with Crippen molar-refractivity contribution in [2.24, 2.45) is 0 Å². The zero-order valence-electron chi connectivity index (χ0n) is 22.5. The first-order chi connectivity index (χ1) is 18.0. The second kappa shape index (κ2) is 15.3. The molecule has 0 saturated heterocycles. The Kier molecular flexibility index (Phi) is 12.5. The number of carbonyl (C=O) groups excluding carboxylic acids is 2. The van der Waals surface area contributed by atoms with Crippen LogP contribution in [0.2, 0.25) is 0 Å². The number of imidazole rings is 1. The molecule has 0 saturated carbocycles. The molecule has 3 N–H and O–H groups in total. The molecule has 0 aliphatic rings. The number of ether oxygens (including phenoxy) is 1. The van der Waals surface area contributed by atoms with Gasteiger partial charge in [0.2, 0.25) is 0 Å². The van der Waals surface area contributed by atoms with Crippen molar-refractivity contribution < 1.29 is 24.0 Å². The van der Waals surface area contributed by atoms with Gasteiger partial charge in [0.1, 0.15) is 5.60 Å². The third-order valence-corrected chi connectivity index (χ3v) is 5.92. The minimum absolute atomic E-state index is 0.306. The summed E-state index contributed by atoms with van der Waals surface area (Å²) in [4.78, 5) is 45.6. The molecule has 3 aromatic rings. The monoisotopic (exact) mass is 569 g/mol. The molecule has 3 amide bonds. The van der Waals surface area contributed by atoms with Crippen LogP contribution in [0.15, 0.2) is 29.5 Å². The number of nitrogens with one attached hydrogen (secondary N) is 3. The fraction of sp³-hybridized carbons (Fsp3) is 0.500. The Morgan fingerprint density at radius 2 is 1.53 bits per heavy atom. The van der Waals surface area contributed by atoms with E-state index in [1.807, 2.05) is 38.6 Å². The first kappa shape index (κ1) is 31.1. The first-order valence-corrected chi connectivity index (χ1v) is 13.1. The van der Waals surface area contributed by atoms with E-state index in [1.54, 1.807) is 54.7 Å². The second-order valence-corrected chi connectivity index (χ2v) is 10.4. The number of rotatable bonds is 10. The summed E-state index contributed by atoms with van der Waals surface area (Å²) in [5, 5.41) is 16.1. The Bertz CT molecular complexity index is 1110. The molecule has 210 valence electrons. The summed E-state index contributed by atoms with van der Waals surface area (Å²) in [5.41, 5.74) is 1.15. The molecule has 0 bridgehead atoms. The van der Waals surface area contributed by atoms with Gasteiger partial charge in [-0.05, 0) is 20.8 Å². The van der Waals surface area contributed by atoms with Crippen LogP contribution in [-0.2, 0) is 34.2 Å². The number of urea groups is 1. The number of thiazole rings is 2. The van der Waals surface area contributed by atoms with E-state index in [0.717, 1.165) is 11.4 Å². The fourth-order valence-electron chi connectivity index (χ4n) is 2.53. The van der Waals surface area contributed by atoms with Crippen LogP contribution in [0.1, 0.15) is 32.2 Å². The van der Waals surface area contributed by atoms with Crippen molar-refractivity contribution in [1.29, 1.82) is 0 Å². The lowest BCUT2D eigenvalue weighted by Crippen LogP contribution is -2.30. The smallest absolute Gasteiger partial charge is 0.413 e. The maximum atomic E-state index is 11.7. The third-order valence-electron chi connectivity index (χ3n) is 4.31. The topological polar surface area (TPSA) is 148 Å². The first-order valence-electron chi connectivity index (χ1n) is 11.4. The van der Waals surface area contributed by atoms with Gasteiger partial charge in [-0.15, -0.1) is 22.7 Å². The summed E-state index contributed by atoms with van der Waals surface area (Å²) in [6, 6.07) is -0.306. The lowest BCUT2D eigenvalue weighted by molar-refractivity contribution is -0.117. The Balaban J connectivity index is 0.000000269. The van der Waals surface area contributed by atoms with Gasteiger partial charge in [-0.2, -0.15) is 10.1 Å². The van der Waals surface area contributed by atoms with Gasteiger partial charge in [-0.3, -0.25) is 10.6 Å². The van der Waals surface area contributed by atoms with Gasteiger partial charge in [0, 0.05) is 37.2 Å². The van der Waals surface area contributed by atoms with Crippen LogP contribution >= 0.6 is 22.7 Å². The summed E-state index contributed by atoms with van der Waals surface area (Å²) in [7, 11) is 6.80. The zero-order chi connectivity index (χ0) is 28.1. The molecular formula is C22H35N9O5S2. The molecule has 0 atom stereocenters. The van der Waals surface area contributed by atoms with Crippen molar-refractivity contribution in [1.82, 2.24) is 35.0 Å². The van der Waals surface area contributed by atoms with Crippen molar-refractivity contribution in [2.45, 2.75) is 46.1 Å². The van der Waals surface area contributed by atoms with Crippen LogP contribution in [-0.4, -0.2) is 75.7 Å². The van der Waals surface area contributed by atoms with E-state index in [0.29, 0.717) is 30.0 Å². The number of nitrogens with zero attached hydrogens (tertiary/aromatic N) is 6. The Morgan fingerprint density at radius 3 is 2.00 bits per heavy atom. The standard InChI is InChI=1S/C11H16N6O2S.C11H19N3O3S/c1-16(19-2)5-9-6-20-11(14-9)15-10(18)13-8-17-4-3-12-7-17;1-11(2,3)17-10(15)13-9-12-8(7-18-9)6-14(4)16-5/h3-4,6-7H,5,8H2,1-2H3,(H2,13,14,15,18);7H,6H2,1-5H3,(H,12,13,15). The highest BCUT2D eigenvalue weighted by Crippen LogP contribution is 2.18. The number of hydrogen-bond donors (Lipinski definition) is 3. The van der Waals surface area contributed by atoms with Crippen LogP contribution in [0.5, 0.6) is 0 Å². The highest BCUT2D eigenvalue weighted by Gasteiger charge is 2.17. The highest BCUT2D eigenvalue weighted by atomic mass is 32.1. The molecule has 0 aromatic carbocycles. The molecular weight excluding hydrogens is 534 g/mol. The summed E-state index contributed by atoms with van der Waals surface area (Å²) in [6.07, 6.45) is 4.55. The van der Waals surface area contributed by atoms with Crippen LogP contribution in [0.4, 0.5) is 19.9 Å². The summed E-state index contributed by atoms with van der Waals surface area (Å²) >= 11 is 2.72. The Hall–Kier alpha value is -3.15. The molecule has 3 aromatic heterocycles. The summed E-state index contributed by atoms with van der Waals surface area (Å²) in [5.74, 6) is 0. The van der Waals surface area contributed by atoms with Gasteiger partial charge in [0.15, 0.2) is 10.3 Å². The Labute approximate surface area is 229 Å². The average Bonchev–Trinajstić information content (AvgIpc) is 3.60. The van der Waals surface area contributed by atoms with E-state index >= 15 is 0 Å². The molecule has 0 radical (unpaired) electrons. The SMILES string of the molecule is CON(C)Cc1csc(NC(=O)NCn2ccnc2)n1.CON(C)Cc1csc(NC(=O)OC(C)(C)C)n1. The fourth-order valence-corrected chi connectivity index (χ4v) is 3.92. The number of hydrogen-bond acceptors (Lipinski definition) is 12. The molecule has 0 aliphatic heterocycles. The third kappa shape index (κ3) is 12.4. The van der Waals surface area contributed by atoms with Gasteiger partial charge in [0.05, 0.1) is 51.7 Å². The van der Waals surface area contributed by atoms with Crippen LogP contribution < -0.4 is 16.0 Å². The number of amides is 3. The predicted octanol–water partition coefficient (Wildman–Crippen LogP) is 3.60. The Morgan fingerprint density at radius 1 is 0.974 bits per heavy atom. The zero-order valence-corrected chi connectivity index (χ0v) is 24.2. The summed E-state index contributed by atoms with van der Waals surface area (Å²) < 4.78 is 6.89. The van der Waals surface area contributed by atoms with Crippen molar-refractivity contribution in [3.05, 3.63) is 40.9 Å². The molecule has 0 fully saturated rings. The van der Waals surface area contributed by atoms with E-state index in [9.17, 15) is 9.59 Å². The maximum absolute atomic E-state index is 11.7. The minimum atomic E-state index is -0.513. The molecule has 3 rings (SSSR count). The van der Waals surface area contributed by atoms with E-state index in [-0.39, 0.29) is 6.03 Å². The predicted molar refractivity (Wildman–Crippen MR) is 145 cm³/mol. The second-order valence-electron chi connectivity index (χ2n) is 8.72. The van der Waals surface area contributed by atoms with E-state index in [4.69, 9.17) is 14.4 Å². The molecule has 16 heteroatoms. The number of anilines is 2. The van der Waals surface area contributed by atoms with Crippen LogP contribution in [0.25, 0.3) is 0 Å². The van der Waals surface area contributed by atoms with Crippen LogP contribution in [0, 0.1) is 0 Å². The highest BCUT2D eigenvalue weighted by molar-refractivity contribution is 7.14. The maximum Gasteiger partial charge on any atom is 0.413 e. The molecule has 0 unspecified atom stereocenters. The van der Waals surface area contributed by atoms with Crippen molar-refractivity contribution >= 4 is 45.1 Å². The molecule has 3 heterocycles. The average molecular weight is 570 g/mol. The lowest BCUT2D eigenvalue weighted by Gasteiger charge is -2.18. The number of carbonyl (C=O) groups is 2. The number of aromatic nitrogens is 4. The van der Waals surface area contributed by atoms with E-state index < -0.39 is 11.7 Å². The molecule has 14 nitrogen and oxygen atoms in total. The van der Waals surface area contributed by atoms with Crippen LogP contribution in [0.3, 0.4) is 0 Å². The van der Waals surface area contributed by atoms with Gasteiger partial charge in [-0.25, -0.2) is 24.5 Å².